The molecule has 0 bridgehead atoms. The van der Waals surface area contributed by atoms with Crippen LogP contribution < -0.4 is 20.1 Å². The fourth-order valence-corrected chi connectivity index (χ4v) is 13.2. The highest BCUT2D eigenvalue weighted by Crippen LogP contribution is 2.45. The number of sulfonamides is 2. The minimum atomic E-state index is -4.92. The standard InChI is InChI=1S/C26H18F4N6O2S2.C25H15ClF4N6O2S2.C3H9B3O3.CH4/c1-13-8-16(21(30)20(9-13)36-40(37,38)24-17(28)4-3-5-18(24)29)22-23(19-6-7-33-26(31-2)34-19)39-25(35-22)14-10-15(27)12-32-11-14;1-31-25-33-6-5-18(34-25)22-21(35-24(39-22)12-7-14(27)11-32-10-12)15-8-13(26)9-19(20(15)30)36-40(37,38)23-16(28)3-2-4-17(23)29;1-4-7-5(2)9-6(3)8-4;/h3-12,36H,1-2H3,(H,31,33,34);2-11,36H,1H3,(H,31,33,34);1-3H3;1H4. The van der Waals surface area contributed by atoms with E-state index in [2.05, 4.69) is 50.5 Å². The second-order valence-electron chi connectivity index (χ2n) is 18.6. The van der Waals surface area contributed by atoms with E-state index in [-0.39, 0.29) is 78.2 Å². The van der Waals surface area contributed by atoms with Crippen LogP contribution in [0.3, 0.4) is 0 Å². The van der Waals surface area contributed by atoms with Gasteiger partial charge in [-0.15, -0.1) is 22.7 Å². The first-order valence-corrected chi connectivity index (χ1v) is 30.8. The molecule has 0 spiro atoms. The summed E-state index contributed by atoms with van der Waals surface area (Å²) in [5, 5.41) is 6.02. The molecule has 0 amide bonds. The minimum Gasteiger partial charge on any atom is -0.453 e. The number of rotatable bonds is 14. The van der Waals surface area contributed by atoms with E-state index >= 15 is 8.78 Å². The zero-order chi connectivity index (χ0) is 64.1. The number of hydrogen-bond acceptors (Lipinski definition) is 19. The van der Waals surface area contributed by atoms with Crippen molar-refractivity contribution in [2.75, 3.05) is 34.2 Å². The molecule has 10 aromatic rings. The number of benzene rings is 4. The summed E-state index contributed by atoms with van der Waals surface area (Å²) in [7, 11) is -6.97. The quantitative estimate of drug-likeness (QED) is 0.0584. The maximum Gasteiger partial charge on any atom is 0.426 e. The van der Waals surface area contributed by atoms with E-state index in [0.717, 1.165) is 77.5 Å². The Labute approximate surface area is 524 Å². The summed E-state index contributed by atoms with van der Waals surface area (Å²) in [4.78, 5) is 31.8. The van der Waals surface area contributed by atoms with Crippen molar-refractivity contribution in [1.82, 2.24) is 39.9 Å². The van der Waals surface area contributed by atoms with Crippen molar-refractivity contribution in [2.24, 2.45) is 0 Å². The number of nitrogens with one attached hydrogen (secondary N) is 4. The number of nitrogens with zero attached hydrogens (tertiary/aromatic N) is 8. The van der Waals surface area contributed by atoms with Gasteiger partial charge in [0.1, 0.15) is 44.9 Å². The number of anilines is 4. The summed E-state index contributed by atoms with van der Waals surface area (Å²) in [6.07, 6.45) is 7.73. The highest BCUT2D eigenvalue weighted by atomic mass is 35.5. The second kappa shape index (κ2) is 28.6. The zero-order valence-electron chi connectivity index (χ0n) is 46.7. The molecular weight excluding hydrogens is 1290 g/mol. The van der Waals surface area contributed by atoms with Crippen LogP contribution in [0.25, 0.3) is 64.8 Å². The summed E-state index contributed by atoms with van der Waals surface area (Å²) in [5.74, 6) is -8.29. The van der Waals surface area contributed by atoms with E-state index < -0.39 is 87.8 Å². The molecule has 0 radical (unpaired) electrons. The lowest BCUT2D eigenvalue weighted by Crippen LogP contribution is -2.44. The molecule has 1 aliphatic rings. The van der Waals surface area contributed by atoms with Gasteiger partial charge in [0, 0.05) is 66.2 Å². The van der Waals surface area contributed by atoms with E-state index in [1.54, 1.807) is 33.2 Å². The largest absolute Gasteiger partial charge is 0.453 e. The molecule has 1 saturated heterocycles. The Bertz CT molecular complexity index is 4200. The Kier molecular flexibility index (Phi) is 21.4. The van der Waals surface area contributed by atoms with Crippen LogP contribution in [-0.4, -0.2) is 92.2 Å². The van der Waals surface area contributed by atoms with E-state index in [1.165, 1.54) is 55.1 Å². The molecule has 90 heavy (non-hydrogen) atoms. The molecule has 7 heterocycles. The number of pyridine rings is 2. The molecule has 11 rings (SSSR count). The molecule has 35 heteroatoms. The number of thiazole rings is 2. The van der Waals surface area contributed by atoms with Gasteiger partial charge in [-0.2, -0.15) is 0 Å². The Morgan fingerprint density at radius 3 is 1.30 bits per heavy atom. The molecule has 0 saturated carbocycles. The molecule has 1 fully saturated rings. The Balaban J connectivity index is 0.000000202. The SMILES string of the molecule is C.CB1OB(C)OB(C)O1.CNc1nccc(-c2sc(-c3cncc(F)c3)nc2-c2cc(C)cc(NS(=O)(=O)c3c(F)cccc3F)c2F)n1.CNc1nccc(-c2sc(-c3cncc(F)c3)nc2-c2cc(Cl)cc(NS(=O)(=O)c3c(F)cccc3F)c2F)n1. The van der Waals surface area contributed by atoms with Crippen molar-refractivity contribution in [2.45, 2.75) is 44.6 Å². The fourth-order valence-electron chi connectivity index (χ4n) is 8.50. The first kappa shape index (κ1) is 67.4. The fraction of sp³-hybridized carbons (Fsp3) is 0.127. The zero-order valence-corrected chi connectivity index (χ0v) is 50.8. The van der Waals surface area contributed by atoms with Crippen LogP contribution >= 0.6 is 34.3 Å². The van der Waals surface area contributed by atoms with Gasteiger partial charge in [-0.25, -0.2) is 81.9 Å². The maximum absolute atomic E-state index is 16.0. The van der Waals surface area contributed by atoms with Gasteiger partial charge in [0.05, 0.1) is 56.3 Å². The maximum atomic E-state index is 16.0. The molecule has 4 aromatic carbocycles. The predicted molar refractivity (Wildman–Crippen MR) is 331 cm³/mol. The Morgan fingerprint density at radius 1 is 0.522 bits per heavy atom. The highest BCUT2D eigenvalue weighted by Gasteiger charge is 2.33. The van der Waals surface area contributed by atoms with Crippen molar-refractivity contribution < 1.29 is 65.7 Å². The van der Waals surface area contributed by atoms with E-state index in [4.69, 9.17) is 25.3 Å². The molecule has 4 N–H and O–H groups in total. The van der Waals surface area contributed by atoms with Crippen molar-refractivity contribution in [3.8, 4) is 64.8 Å². The van der Waals surface area contributed by atoms with Gasteiger partial charge in [-0.05, 0) is 106 Å². The van der Waals surface area contributed by atoms with Gasteiger partial charge in [0.15, 0.2) is 21.4 Å². The third-order valence-electron chi connectivity index (χ3n) is 12.2. The summed E-state index contributed by atoms with van der Waals surface area (Å²) in [5.41, 5.74) is 0.144. The number of aromatic nitrogens is 8. The average molecular weight is 1340 g/mol. The number of aryl methyl sites for hydroxylation is 1. The third kappa shape index (κ3) is 15.6. The normalized spacial score (nSPS) is 12.3. The van der Waals surface area contributed by atoms with Crippen LogP contribution in [0.15, 0.2) is 132 Å². The lowest BCUT2D eigenvalue weighted by atomic mass is 9.74. The van der Waals surface area contributed by atoms with Crippen LogP contribution in [0.2, 0.25) is 25.5 Å². The molecule has 0 aliphatic carbocycles. The Hall–Kier alpha value is -8.50. The average Bonchev–Trinajstić information content (AvgIpc) is 1.61. The molecule has 19 nitrogen and oxygen atoms in total. The van der Waals surface area contributed by atoms with Gasteiger partial charge in [0.25, 0.3) is 20.0 Å². The van der Waals surface area contributed by atoms with Crippen molar-refractivity contribution in [1.29, 1.82) is 0 Å². The van der Waals surface area contributed by atoms with Gasteiger partial charge < -0.3 is 24.3 Å². The van der Waals surface area contributed by atoms with Gasteiger partial charge in [-0.1, -0.05) is 31.2 Å². The summed E-state index contributed by atoms with van der Waals surface area (Å²) in [6, 6.07) is 15.3. The number of halogens is 9. The molecule has 1 aliphatic heterocycles. The van der Waals surface area contributed by atoms with Gasteiger partial charge >= 0.3 is 21.4 Å². The lowest BCUT2D eigenvalue weighted by Gasteiger charge is -2.25. The summed E-state index contributed by atoms with van der Waals surface area (Å²) < 4.78 is 188. The highest BCUT2D eigenvalue weighted by molar-refractivity contribution is 7.93. The molecule has 464 valence electrons. The minimum absolute atomic E-state index is 0. The van der Waals surface area contributed by atoms with Crippen molar-refractivity contribution in [3.63, 3.8) is 0 Å². The predicted octanol–water partition coefficient (Wildman–Crippen LogP) is 13.5. The summed E-state index contributed by atoms with van der Waals surface area (Å²) in [6.45, 7) is 7.15. The van der Waals surface area contributed by atoms with E-state index in [1.807, 2.05) is 29.9 Å². The lowest BCUT2D eigenvalue weighted by molar-refractivity contribution is 0.294. The van der Waals surface area contributed by atoms with Crippen LogP contribution in [0.1, 0.15) is 13.0 Å². The first-order chi connectivity index (χ1) is 42.3. The Morgan fingerprint density at radius 2 is 0.911 bits per heavy atom. The van der Waals surface area contributed by atoms with Crippen LogP contribution in [0, 0.1) is 53.5 Å². The van der Waals surface area contributed by atoms with E-state index in [9.17, 15) is 43.2 Å². The second-order valence-corrected chi connectivity index (χ2v) is 24.3. The monoisotopic (exact) mass is 1330 g/mol. The smallest absolute Gasteiger partial charge is 0.426 e. The van der Waals surface area contributed by atoms with Gasteiger partial charge in [-0.3, -0.25) is 19.4 Å². The topological polar surface area (TPSA) is 247 Å². The molecular formula is C55H46B3ClF8N12O7S4. The first-order valence-electron chi connectivity index (χ1n) is 25.8. The van der Waals surface area contributed by atoms with Crippen molar-refractivity contribution >= 4 is 98.9 Å². The van der Waals surface area contributed by atoms with Crippen molar-refractivity contribution in [3.05, 3.63) is 179 Å². The van der Waals surface area contributed by atoms with Crippen LogP contribution in [-0.2, 0) is 33.8 Å². The third-order valence-corrected chi connectivity index (χ3v) is 17.5. The number of hydrogen-bond donors (Lipinski definition) is 4. The molecule has 0 atom stereocenters. The summed E-state index contributed by atoms with van der Waals surface area (Å²) >= 11 is 8.35. The molecule has 6 aromatic heterocycles. The van der Waals surface area contributed by atoms with Crippen LogP contribution in [0.4, 0.5) is 58.4 Å². The van der Waals surface area contributed by atoms with E-state index in [0.29, 0.717) is 37.8 Å². The van der Waals surface area contributed by atoms with Gasteiger partial charge in [0.2, 0.25) is 11.9 Å². The van der Waals surface area contributed by atoms with Crippen LogP contribution in [0.5, 0.6) is 0 Å². The molecule has 0 unspecified atom stereocenters.